The van der Waals surface area contributed by atoms with Crippen LogP contribution in [0.3, 0.4) is 0 Å². The van der Waals surface area contributed by atoms with E-state index >= 15 is 0 Å². The van der Waals surface area contributed by atoms with Crippen LogP contribution in [-0.4, -0.2) is 17.0 Å². The van der Waals surface area contributed by atoms with Crippen molar-refractivity contribution >= 4 is 11.8 Å². The molecular weight excluding hydrogens is 285 g/mol. The summed E-state index contributed by atoms with van der Waals surface area (Å²) in [5.41, 5.74) is 0.150. The van der Waals surface area contributed by atoms with Gasteiger partial charge in [-0.1, -0.05) is 0 Å². The van der Waals surface area contributed by atoms with E-state index < -0.39 is 17.7 Å². The Hall–Kier alpha value is -1.46. The molecule has 0 amide bonds. The van der Waals surface area contributed by atoms with E-state index in [1.54, 1.807) is 12.1 Å². The Morgan fingerprint density at radius 2 is 1.60 bits per heavy atom. The van der Waals surface area contributed by atoms with Gasteiger partial charge in [0.25, 0.3) is 0 Å². The Kier molecular flexibility index (Phi) is 5.09. The van der Waals surface area contributed by atoms with Crippen LogP contribution in [0, 0.1) is 17.5 Å². The molecule has 1 nitrogen and oxygen atoms in total. The second kappa shape index (κ2) is 6.81. The lowest BCUT2D eigenvalue weighted by Gasteiger charge is -2.11. The van der Waals surface area contributed by atoms with Crippen LogP contribution in [0.25, 0.3) is 0 Å². The predicted octanol–water partition coefficient (Wildman–Crippen LogP) is 3.80. The molecule has 0 saturated heterocycles. The summed E-state index contributed by atoms with van der Waals surface area (Å²) in [6.07, 6.45) is -0.765. The fraction of sp³-hybridized carbons (Fsp3) is 0.200. The molecule has 1 N–H and O–H groups in total. The summed E-state index contributed by atoms with van der Waals surface area (Å²) in [5, 5.41) is 9.85. The maximum atomic E-state index is 13.4. The second-order valence-corrected chi connectivity index (χ2v) is 5.45. The second-order valence-electron chi connectivity index (χ2n) is 4.36. The van der Waals surface area contributed by atoms with Gasteiger partial charge in [-0.25, -0.2) is 13.2 Å². The molecule has 0 saturated carbocycles. The zero-order chi connectivity index (χ0) is 14.5. The lowest BCUT2D eigenvalue weighted by molar-refractivity contribution is 0.198. The molecule has 1 unspecified atom stereocenters. The molecule has 0 aliphatic heterocycles. The van der Waals surface area contributed by atoms with Crippen molar-refractivity contribution in [1.29, 1.82) is 0 Å². The minimum Gasteiger partial charge on any atom is -0.392 e. The van der Waals surface area contributed by atoms with Crippen molar-refractivity contribution in [1.82, 2.24) is 0 Å². The molecule has 20 heavy (non-hydrogen) atoms. The first-order valence-corrected chi connectivity index (χ1v) is 7.03. The molecular formula is C15H13F3OS. The van der Waals surface area contributed by atoms with Crippen molar-refractivity contribution in [3.05, 3.63) is 65.5 Å². The van der Waals surface area contributed by atoms with Crippen LogP contribution in [0.2, 0.25) is 0 Å². The fourth-order valence-corrected chi connectivity index (χ4v) is 2.57. The van der Waals surface area contributed by atoms with Gasteiger partial charge >= 0.3 is 0 Å². The molecule has 2 rings (SSSR count). The SMILES string of the molecule is OC(CSc1ccc(F)cc1)Cc1cc(F)ccc1F. The van der Waals surface area contributed by atoms with E-state index in [4.69, 9.17) is 0 Å². The number of benzene rings is 2. The minimum absolute atomic E-state index is 0.0395. The minimum atomic E-state index is -0.804. The van der Waals surface area contributed by atoms with Gasteiger partial charge in [-0.15, -0.1) is 11.8 Å². The van der Waals surface area contributed by atoms with Gasteiger partial charge in [0.2, 0.25) is 0 Å². The molecule has 1 atom stereocenters. The van der Waals surface area contributed by atoms with Crippen molar-refractivity contribution < 1.29 is 18.3 Å². The molecule has 0 aliphatic carbocycles. The number of thioether (sulfide) groups is 1. The van der Waals surface area contributed by atoms with Crippen LogP contribution in [0.1, 0.15) is 5.56 Å². The highest BCUT2D eigenvalue weighted by Gasteiger charge is 2.11. The first-order valence-electron chi connectivity index (χ1n) is 6.05. The van der Waals surface area contributed by atoms with E-state index in [-0.39, 0.29) is 17.8 Å². The molecule has 0 spiro atoms. The van der Waals surface area contributed by atoms with Gasteiger partial charge in [0.1, 0.15) is 17.5 Å². The monoisotopic (exact) mass is 298 g/mol. The Bertz CT molecular complexity index is 572. The Labute approximate surface area is 119 Å². The maximum Gasteiger partial charge on any atom is 0.126 e. The van der Waals surface area contributed by atoms with Gasteiger partial charge in [0, 0.05) is 17.1 Å². The molecule has 0 heterocycles. The molecule has 2 aromatic carbocycles. The summed E-state index contributed by atoms with van der Waals surface area (Å²) in [4.78, 5) is 0.810. The molecule has 0 radical (unpaired) electrons. The highest BCUT2D eigenvalue weighted by molar-refractivity contribution is 7.99. The first-order chi connectivity index (χ1) is 9.54. The average molecular weight is 298 g/mol. The summed E-state index contributed by atoms with van der Waals surface area (Å²) in [6, 6.07) is 9.05. The van der Waals surface area contributed by atoms with E-state index in [0.29, 0.717) is 5.75 Å². The van der Waals surface area contributed by atoms with Gasteiger partial charge in [0.15, 0.2) is 0 Å². The first kappa shape index (κ1) is 14.9. The van der Waals surface area contributed by atoms with Crippen molar-refractivity contribution in [2.24, 2.45) is 0 Å². The highest BCUT2D eigenvalue weighted by atomic mass is 32.2. The van der Waals surface area contributed by atoms with Crippen LogP contribution >= 0.6 is 11.8 Å². The fourth-order valence-electron chi connectivity index (χ4n) is 1.74. The van der Waals surface area contributed by atoms with Gasteiger partial charge in [0.05, 0.1) is 6.10 Å². The third-order valence-electron chi connectivity index (χ3n) is 2.72. The standard InChI is InChI=1S/C15H13F3OS/c16-11-1-4-14(5-2-11)20-9-13(19)8-10-7-12(17)3-6-15(10)18/h1-7,13,19H,8-9H2. The van der Waals surface area contributed by atoms with Crippen LogP contribution in [0.4, 0.5) is 13.2 Å². The van der Waals surface area contributed by atoms with Crippen molar-refractivity contribution in [2.75, 3.05) is 5.75 Å². The molecule has 0 fully saturated rings. The topological polar surface area (TPSA) is 20.2 Å². The van der Waals surface area contributed by atoms with Crippen molar-refractivity contribution in [3.8, 4) is 0 Å². The third-order valence-corrected chi connectivity index (χ3v) is 3.88. The smallest absolute Gasteiger partial charge is 0.126 e. The van der Waals surface area contributed by atoms with E-state index in [0.717, 1.165) is 23.1 Å². The summed E-state index contributed by atoms with van der Waals surface area (Å²) in [7, 11) is 0. The average Bonchev–Trinajstić information content (AvgIpc) is 2.42. The largest absolute Gasteiger partial charge is 0.392 e. The van der Waals surface area contributed by atoms with Gasteiger partial charge < -0.3 is 5.11 Å². The van der Waals surface area contributed by atoms with Crippen LogP contribution in [-0.2, 0) is 6.42 Å². The number of aliphatic hydroxyl groups is 1. The molecule has 0 aromatic heterocycles. The summed E-state index contributed by atoms with van der Waals surface area (Å²) >= 11 is 1.33. The maximum absolute atomic E-state index is 13.4. The molecule has 0 aliphatic rings. The van der Waals surface area contributed by atoms with E-state index in [1.165, 1.54) is 23.9 Å². The number of hydrogen-bond acceptors (Lipinski definition) is 2. The van der Waals surface area contributed by atoms with Gasteiger partial charge in [-0.2, -0.15) is 0 Å². The van der Waals surface area contributed by atoms with Gasteiger partial charge in [-0.3, -0.25) is 0 Å². The van der Waals surface area contributed by atoms with Crippen molar-refractivity contribution in [2.45, 2.75) is 17.4 Å². The Morgan fingerprint density at radius 3 is 2.30 bits per heavy atom. The normalized spacial score (nSPS) is 12.4. The number of rotatable bonds is 5. The number of hydrogen-bond donors (Lipinski definition) is 1. The van der Waals surface area contributed by atoms with Crippen LogP contribution < -0.4 is 0 Å². The number of aliphatic hydroxyl groups excluding tert-OH is 1. The lowest BCUT2D eigenvalue weighted by Crippen LogP contribution is -2.14. The van der Waals surface area contributed by atoms with E-state index in [9.17, 15) is 18.3 Å². The van der Waals surface area contributed by atoms with Crippen molar-refractivity contribution in [3.63, 3.8) is 0 Å². The zero-order valence-corrected chi connectivity index (χ0v) is 11.3. The summed E-state index contributed by atoms with van der Waals surface area (Å²) in [6.45, 7) is 0. The lowest BCUT2D eigenvalue weighted by atomic mass is 10.1. The third kappa shape index (κ3) is 4.28. The van der Waals surface area contributed by atoms with E-state index in [1.807, 2.05) is 0 Å². The predicted molar refractivity (Wildman–Crippen MR) is 73.2 cm³/mol. The Balaban J connectivity index is 1.90. The van der Waals surface area contributed by atoms with Crippen LogP contribution in [0.5, 0.6) is 0 Å². The van der Waals surface area contributed by atoms with E-state index in [2.05, 4.69) is 0 Å². The number of halogens is 3. The summed E-state index contributed by atoms with van der Waals surface area (Å²) < 4.78 is 39.1. The Morgan fingerprint density at radius 1 is 0.950 bits per heavy atom. The quantitative estimate of drug-likeness (QED) is 0.847. The molecule has 2 aromatic rings. The molecule has 106 valence electrons. The van der Waals surface area contributed by atoms with Crippen LogP contribution in [0.15, 0.2) is 47.4 Å². The van der Waals surface area contributed by atoms with Gasteiger partial charge in [-0.05, 0) is 48.0 Å². The highest BCUT2D eigenvalue weighted by Crippen LogP contribution is 2.21. The summed E-state index contributed by atoms with van der Waals surface area (Å²) in [5.74, 6) is -1.06. The molecule has 5 heteroatoms. The molecule has 0 bridgehead atoms. The zero-order valence-electron chi connectivity index (χ0n) is 10.5.